The molecule has 8 nitrogen and oxygen atoms in total. The Kier molecular flexibility index (Phi) is 4.97. The first-order valence-electron chi connectivity index (χ1n) is 9.32. The van der Waals surface area contributed by atoms with Crippen LogP contribution in [0.1, 0.15) is 18.1 Å². The van der Waals surface area contributed by atoms with E-state index in [2.05, 4.69) is 30.8 Å². The molecule has 1 aliphatic heterocycles. The van der Waals surface area contributed by atoms with Crippen molar-refractivity contribution in [2.45, 2.75) is 13.5 Å². The molecule has 154 valence electrons. The lowest BCUT2D eigenvalue weighted by atomic mass is 10.1. The quantitative estimate of drug-likeness (QED) is 0.435. The second kappa shape index (κ2) is 7.93. The number of amides is 1. The van der Waals surface area contributed by atoms with Crippen LogP contribution >= 0.6 is 22.9 Å². The maximum absolute atomic E-state index is 11.7. The average molecular weight is 451 g/mol. The molecule has 1 aliphatic rings. The van der Waals surface area contributed by atoms with Crippen LogP contribution in [0.3, 0.4) is 0 Å². The fourth-order valence-electron chi connectivity index (χ4n) is 3.26. The van der Waals surface area contributed by atoms with Crippen molar-refractivity contribution in [3.05, 3.63) is 58.9 Å². The smallest absolute Gasteiger partial charge is 0.227 e. The van der Waals surface area contributed by atoms with Gasteiger partial charge in [0.25, 0.3) is 0 Å². The molecule has 0 radical (unpaired) electrons. The summed E-state index contributed by atoms with van der Waals surface area (Å²) in [5.41, 5.74) is 4.84. The molecule has 0 unspecified atom stereocenters. The third-order valence-electron chi connectivity index (χ3n) is 4.66. The van der Waals surface area contributed by atoms with Gasteiger partial charge in [0.1, 0.15) is 11.3 Å². The van der Waals surface area contributed by atoms with Crippen LogP contribution in [0.15, 0.2) is 52.2 Å². The molecule has 2 aromatic heterocycles. The highest BCUT2D eigenvalue weighted by Gasteiger charge is 2.17. The highest BCUT2D eigenvalue weighted by atomic mass is 35.5. The van der Waals surface area contributed by atoms with Gasteiger partial charge in [0, 0.05) is 24.3 Å². The topological polar surface area (TPSA) is 105 Å². The fraction of sp³-hybridized carbons (Fsp3) is 0.0952. The number of aliphatic imine (C=N–C) groups is 1. The normalized spacial score (nSPS) is 12.1. The van der Waals surface area contributed by atoms with E-state index in [0.717, 1.165) is 22.4 Å². The number of hydrogen-bond acceptors (Lipinski definition) is 8. The Hall–Kier alpha value is -3.56. The molecule has 0 fully saturated rings. The lowest BCUT2D eigenvalue weighted by Gasteiger charge is -2.09. The van der Waals surface area contributed by atoms with E-state index in [0.29, 0.717) is 38.8 Å². The molecule has 1 amide bonds. The monoisotopic (exact) mass is 450 g/mol. The van der Waals surface area contributed by atoms with Crippen LogP contribution in [0.2, 0.25) is 5.02 Å². The molecule has 0 spiro atoms. The van der Waals surface area contributed by atoms with Crippen molar-refractivity contribution in [1.82, 2.24) is 15.2 Å². The van der Waals surface area contributed by atoms with Crippen molar-refractivity contribution in [2.75, 3.05) is 10.6 Å². The minimum Gasteiger partial charge on any atom is -0.444 e. The van der Waals surface area contributed by atoms with Crippen LogP contribution in [0.25, 0.3) is 22.0 Å². The summed E-state index contributed by atoms with van der Waals surface area (Å²) >= 11 is 7.89. The second-order valence-corrected chi connectivity index (χ2v) is 8.14. The van der Waals surface area contributed by atoms with Crippen molar-refractivity contribution in [1.29, 1.82) is 0 Å². The van der Waals surface area contributed by atoms with E-state index in [1.807, 2.05) is 30.3 Å². The second-order valence-electron chi connectivity index (χ2n) is 6.79. The molecule has 2 aromatic carbocycles. The molecule has 10 heteroatoms. The molecule has 2 N–H and O–H groups in total. The van der Waals surface area contributed by atoms with Gasteiger partial charge in [-0.25, -0.2) is 4.98 Å². The number of halogens is 1. The van der Waals surface area contributed by atoms with Crippen LogP contribution in [0.5, 0.6) is 0 Å². The maximum atomic E-state index is 11.7. The highest BCUT2D eigenvalue weighted by molar-refractivity contribution is 7.18. The van der Waals surface area contributed by atoms with Crippen molar-refractivity contribution in [3.63, 3.8) is 0 Å². The summed E-state index contributed by atoms with van der Waals surface area (Å²) in [6, 6.07) is 9.45. The maximum Gasteiger partial charge on any atom is 0.227 e. The van der Waals surface area contributed by atoms with Crippen molar-refractivity contribution in [3.8, 4) is 22.0 Å². The van der Waals surface area contributed by atoms with Crippen molar-refractivity contribution < 1.29 is 9.21 Å². The van der Waals surface area contributed by atoms with Crippen LogP contribution < -0.4 is 10.6 Å². The van der Waals surface area contributed by atoms with Crippen molar-refractivity contribution in [2.24, 2.45) is 4.99 Å². The number of nitrogens with one attached hydrogen (secondary N) is 2. The van der Waals surface area contributed by atoms with Crippen LogP contribution in [0, 0.1) is 0 Å². The van der Waals surface area contributed by atoms with E-state index in [1.165, 1.54) is 24.5 Å². The molecule has 0 saturated heterocycles. The minimum atomic E-state index is -0.195. The zero-order valence-electron chi connectivity index (χ0n) is 16.2. The Labute approximate surface area is 186 Å². The Morgan fingerprint density at radius 3 is 2.90 bits per heavy atom. The zero-order valence-corrected chi connectivity index (χ0v) is 17.8. The van der Waals surface area contributed by atoms with E-state index < -0.39 is 0 Å². The number of anilines is 3. The summed E-state index contributed by atoms with van der Waals surface area (Å²) in [4.78, 5) is 20.1. The summed E-state index contributed by atoms with van der Waals surface area (Å²) in [6.07, 6.45) is 4.83. The molecule has 3 heterocycles. The number of nitrogens with zero attached hydrogens (tertiary/aromatic N) is 4. The number of rotatable bonds is 5. The lowest BCUT2D eigenvalue weighted by Crippen LogP contribution is -2.07. The zero-order chi connectivity index (χ0) is 21.4. The average Bonchev–Trinajstić information content (AvgIpc) is 3.51. The van der Waals surface area contributed by atoms with Gasteiger partial charge in [-0.3, -0.25) is 9.79 Å². The number of aromatic nitrogens is 3. The first-order chi connectivity index (χ1) is 15.1. The largest absolute Gasteiger partial charge is 0.444 e. The van der Waals surface area contributed by atoms with E-state index in [1.54, 1.807) is 12.4 Å². The van der Waals surface area contributed by atoms with Gasteiger partial charge in [0.15, 0.2) is 0 Å². The number of carbonyl (C=O) groups excluding carboxylic acids is 1. The van der Waals surface area contributed by atoms with E-state index in [4.69, 9.17) is 16.0 Å². The molecule has 5 rings (SSSR count). The summed E-state index contributed by atoms with van der Waals surface area (Å²) in [6.45, 7) is 2.10. The Bertz CT molecular complexity index is 1320. The Balaban J connectivity index is 1.44. The number of oxazole rings is 1. The molecule has 0 atom stereocenters. The van der Waals surface area contributed by atoms with Gasteiger partial charge in [0.05, 0.1) is 34.7 Å². The fourth-order valence-corrected chi connectivity index (χ4v) is 4.29. The van der Waals surface area contributed by atoms with Gasteiger partial charge < -0.3 is 15.1 Å². The van der Waals surface area contributed by atoms with Crippen LogP contribution in [-0.4, -0.2) is 27.3 Å². The first kappa shape index (κ1) is 19.4. The molecule has 0 bridgehead atoms. The van der Waals surface area contributed by atoms with E-state index in [9.17, 15) is 4.79 Å². The van der Waals surface area contributed by atoms with Crippen LogP contribution in [0.4, 0.5) is 16.5 Å². The van der Waals surface area contributed by atoms with Gasteiger partial charge in [-0.15, -0.1) is 10.2 Å². The highest BCUT2D eigenvalue weighted by Crippen LogP contribution is 2.36. The van der Waals surface area contributed by atoms with Gasteiger partial charge >= 0.3 is 0 Å². The third kappa shape index (κ3) is 3.80. The summed E-state index contributed by atoms with van der Waals surface area (Å²) in [7, 11) is 0. The Morgan fingerprint density at radius 1 is 1.19 bits per heavy atom. The van der Waals surface area contributed by atoms with Gasteiger partial charge in [-0.2, -0.15) is 0 Å². The predicted molar refractivity (Wildman–Crippen MR) is 121 cm³/mol. The number of hydrogen-bond donors (Lipinski definition) is 2. The number of fused-ring (bicyclic) bond motifs is 1. The Morgan fingerprint density at radius 2 is 2.10 bits per heavy atom. The first-order valence-corrected chi connectivity index (χ1v) is 10.5. The molecular formula is C21H15ClN6O2S. The van der Waals surface area contributed by atoms with E-state index >= 15 is 0 Å². The standard InChI is InChI=1S/C21H15ClN6O2S/c1-11(29)25-17-8-12(2-4-14(17)19-24-6-7-30-19)20-27-28-21(31-20)26-16-5-3-13-9-23-10-15(13)18(16)22/h2-8,10H,9H2,1H3,(H,25,29)(H,26,28). The number of benzene rings is 2. The lowest BCUT2D eigenvalue weighted by molar-refractivity contribution is -0.114. The molecule has 0 aliphatic carbocycles. The predicted octanol–water partition coefficient (Wildman–Crippen LogP) is 5.15. The van der Waals surface area contributed by atoms with Crippen molar-refractivity contribution >= 4 is 51.6 Å². The van der Waals surface area contributed by atoms with Gasteiger partial charge in [0.2, 0.25) is 16.9 Å². The van der Waals surface area contributed by atoms with Crippen LogP contribution in [-0.2, 0) is 11.3 Å². The molecule has 0 saturated carbocycles. The van der Waals surface area contributed by atoms with E-state index in [-0.39, 0.29) is 5.91 Å². The van der Waals surface area contributed by atoms with Gasteiger partial charge in [-0.1, -0.05) is 35.1 Å². The summed E-state index contributed by atoms with van der Waals surface area (Å²) in [5.74, 6) is 0.226. The molecule has 31 heavy (non-hydrogen) atoms. The number of carbonyl (C=O) groups is 1. The molecular weight excluding hydrogens is 436 g/mol. The summed E-state index contributed by atoms with van der Waals surface area (Å²) in [5, 5.41) is 16.5. The molecule has 4 aromatic rings. The SMILES string of the molecule is CC(=O)Nc1cc(-c2nnc(Nc3ccc4c(c3Cl)C=NC4)s2)ccc1-c1ncco1. The van der Waals surface area contributed by atoms with Gasteiger partial charge in [-0.05, 0) is 23.8 Å². The third-order valence-corrected chi connectivity index (χ3v) is 5.95. The summed E-state index contributed by atoms with van der Waals surface area (Å²) < 4.78 is 5.38. The minimum absolute atomic E-state index is 0.195.